The van der Waals surface area contributed by atoms with E-state index in [0.717, 1.165) is 0 Å². The van der Waals surface area contributed by atoms with Gasteiger partial charge in [-0.25, -0.2) is 0 Å². The third-order valence-corrected chi connectivity index (χ3v) is 4.37. The molecule has 0 aliphatic carbocycles. The van der Waals surface area contributed by atoms with E-state index in [4.69, 9.17) is 27.9 Å². The van der Waals surface area contributed by atoms with Gasteiger partial charge >= 0.3 is 0 Å². The van der Waals surface area contributed by atoms with Gasteiger partial charge in [-0.15, -0.1) is 0 Å². The number of hydrogen-bond acceptors (Lipinski definition) is 4. The lowest BCUT2D eigenvalue weighted by Crippen LogP contribution is -2.14. The molecule has 0 saturated carbocycles. The van der Waals surface area contributed by atoms with Crippen LogP contribution < -0.4 is 15.4 Å². The Hall–Kier alpha value is -3.09. The second-order valence-electron chi connectivity index (χ2n) is 5.69. The highest BCUT2D eigenvalue weighted by molar-refractivity contribution is 6.36. The first-order valence-electron chi connectivity index (χ1n) is 8.14. The van der Waals surface area contributed by atoms with Gasteiger partial charge in [-0.05, 0) is 42.5 Å². The summed E-state index contributed by atoms with van der Waals surface area (Å²) in [7, 11) is 1.47. The number of methoxy groups -OCH3 is 1. The van der Waals surface area contributed by atoms with Gasteiger partial charge in [0.05, 0.1) is 28.9 Å². The Bertz CT molecular complexity index is 1030. The molecular weight excluding hydrogens is 401 g/mol. The van der Waals surface area contributed by atoms with Gasteiger partial charge in [-0.1, -0.05) is 23.2 Å². The molecule has 0 spiro atoms. The van der Waals surface area contributed by atoms with E-state index < -0.39 is 5.91 Å². The van der Waals surface area contributed by atoms with Gasteiger partial charge in [0.15, 0.2) is 0 Å². The number of anilines is 2. The Kier molecular flexibility index (Phi) is 6.13. The molecule has 28 heavy (non-hydrogen) atoms. The van der Waals surface area contributed by atoms with Crippen molar-refractivity contribution >= 4 is 46.4 Å². The van der Waals surface area contributed by atoms with E-state index in [9.17, 15) is 9.59 Å². The molecule has 3 rings (SSSR count). The number of pyridine rings is 1. The predicted molar refractivity (Wildman–Crippen MR) is 110 cm³/mol. The van der Waals surface area contributed by atoms with Gasteiger partial charge in [0.1, 0.15) is 5.75 Å². The Morgan fingerprint density at radius 3 is 2.54 bits per heavy atom. The number of hydrogen-bond donors (Lipinski definition) is 2. The molecule has 0 radical (unpaired) electrons. The van der Waals surface area contributed by atoms with Gasteiger partial charge < -0.3 is 15.4 Å². The van der Waals surface area contributed by atoms with Crippen molar-refractivity contribution in [1.82, 2.24) is 4.98 Å². The first kappa shape index (κ1) is 19.7. The molecule has 2 aromatic carbocycles. The van der Waals surface area contributed by atoms with Crippen LogP contribution in [0.25, 0.3) is 0 Å². The average molecular weight is 416 g/mol. The Balaban J connectivity index is 1.78. The summed E-state index contributed by atoms with van der Waals surface area (Å²) >= 11 is 12.0. The normalized spacial score (nSPS) is 10.2. The smallest absolute Gasteiger partial charge is 0.257 e. The van der Waals surface area contributed by atoms with E-state index in [1.54, 1.807) is 48.7 Å². The zero-order valence-corrected chi connectivity index (χ0v) is 16.2. The monoisotopic (exact) mass is 415 g/mol. The van der Waals surface area contributed by atoms with Crippen LogP contribution in [0.2, 0.25) is 10.0 Å². The maximum absolute atomic E-state index is 12.5. The van der Waals surface area contributed by atoms with Crippen molar-refractivity contribution in [2.75, 3.05) is 17.7 Å². The van der Waals surface area contributed by atoms with Crippen LogP contribution in [0.15, 0.2) is 60.9 Å². The third-order valence-electron chi connectivity index (χ3n) is 3.80. The van der Waals surface area contributed by atoms with Gasteiger partial charge in [-0.3, -0.25) is 14.6 Å². The van der Waals surface area contributed by atoms with E-state index in [0.29, 0.717) is 27.7 Å². The van der Waals surface area contributed by atoms with Gasteiger partial charge in [0.25, 0.3) is 11.8 Å². The number of nitrogens with zero attached hydrogens (tertiary/aromatic N) is 1. The molecule has 0 saturated heterocycles. The van der Waals surface area contributed by atoms with Crippen LogP contribution in [-0.4, -0.2) is 23.9 Å². The van der Waals surface area contributed by atoms with E-state index in [2.05, 4.69) is 15.6 Å². The Morgan fingerprint density at radius 2 is 1.82 bits per heavy atom. The lowest BCUT2D eigenvalue weighted by atomic mass is 10.2. The summed E-state index contributed by atoms with van der Waals surface area (Å²) in [6, 6.07) is 12.8. The van der Waals surface area contributed by atoms with Crippen molar-refractivity contribution in [3.8, 4) is 5.75 Å². The quantitative estimate of drug-likeness (QED) is 0.620. The number of carbonyl (C=O) groups excluding carboxylic acids is 2. The van der Waals surface area contributed by atoms with Crippen molar-refractivity contribution in [3.05, 3.63) is 82.1 Å². The van der Waals surface area contributed by atoms with Crippen LogP contribution in [0, 0.1) is 0 Å². The molecule has 0 aliphatic heterocycles. The minimum absolute atomic E-state index is 0.252. The number of rotatable bonds is 5. The molecule has 1 heterocycles. The van der Waals surface area contributed by atoms with Crippen LogP contribution in [0.5, 0.6) is 5.75 Å². The maximum Gasteiger partial charge on any atom is 0.257 e. The molecular formula is C20H15Cl2N3O3. The lowest BCUT2D eigenvalue weighted by molar-refractivity contribution is 0.101. The van der Waals surface area contributed by atoms with Crippen LogP contribution >= 0.6 is 23.2 Å². The Morgan fingerprint density at radius 1 is 1.00 bits per heavy atom. The molecule has 0 unspecified atom stereocenters. The zero-order valence-electron chi connectivity index (χ0n) is 14.7. The molecule has 2 N–H and O–H groups in total. The number of amides is 2. The van der Waals surface area contributed by atoms with E-state index in [1.807, 2.05) is 0 Å². The predicted octanol–water partition coefficient (Wildman–Crippen LogP) is 4.90. The fraction of sp³-hybridized carbons (Fsp3) is 0.0500. The first-order chi connectivity index (χ1) is 13.5. The van der Waals surface area contributed by atoms with Gasteiger partial charge in [-0.2, -0.15) is 0 Å². The summed E-state index contributed by atoms with van der Waals surface area (Å²) in [4.78, 5) is 28.7. The molecule has 6 nitrogen and oxygen atoms in total. The standard InChI is InChI=1S/C20H15Cl2N3O3/c1-28-18-10-14(24-20(27)15-9-13(21)4-6-16(15)22)5-7-17(18)25-19(26)12-3-2-8-23-11-12/h2-11H,1H3,(H,24,27)(H,25,26). The summed E-state index contributed by atoms with van der Waals surface area (Å²) in [6.45, 7) is 0. The van der Waals surface area contributed by atoms with Crippen LogP contribution in [-0.2, 0) is 0 Å². The maximum atomic E-state index is 12.5. The largest absolute Gasteiger partial charge is 0.494 e. The summed E-state index contributed by atoms with van der Waals surface area (Å²) in [5.74, 6) is -0.358. The van der Waals surface area contributed by atoms with E-state index in [1.165, 1.54) is 19.4 Å². The van der Waals surface area contributed by atoms with Crippen molar-refractivity contribution in [2.45, 2.75) is 0 Å². The van der Waals surface area contributed by atoms with Crippen molar-refractivity contribution in [1.29, 1.82) is 0 Å². The van der Waals surface area contributed by atoms with Crippen LogP contribution in [0.3, 0.4) is 0 Å². The van der Waals surface area contributed by atoms with Crippen molar-refractivity contribution in [3.63, 3.8) is 0 Å². The minimum atomic E-state index is -0.415. The molecule has 0 bridgehead atoms. The summed E-state index contributed by atoms with van der Waals surface area (Å²) in [5.41, 5.74) is 1.59. The molecule has 0 aliphatic rings. The van der Waals surface area contributed by atoms with Crippen LogP contribution in [0.4, 0.5) is 11.4 Å². The fourth-order valence-corrected chi connectivity index (χ4v) is 2.81. The number of halogens is 2. The van der Waals surface area contributed by atoms with Crippen LogP contribution in [0.1, 0.15) is 20.7 Å². The number of carbonyl (C=O) groups is 2. The van der Waals surface area contributed by atoms with E-state index >= 15 is 0 Å². The average Bonchev–Trinajstić information content (AvgIpc) is 2.71. The highest BCUT2D eigenvalue weighted by Crippen LogP contribution is 2.29. The SMILES string of the molecule is COc1cc(NC(=O)c2cc(Cl)ccc2Cl)ccc1NC(=O)c1cccnc1. The number of nitrogens with one attached hydrogen (secondary N) is 2. The molecule has 0 atom stereocenters. The summed E-state index contributed by atoms with van der Waals surface area (Å²) in [6.07, 6.45) is 3.05. The second kappa shape index (κ2) is 8.73. The molecule has 2 amide bonds. The molecule has 3 aromatic rings. The molecule has 0 fully saturated rings. The highest BCUT2D eigenvalue weighted by atomic mass is 35.5. The Labute approximate surface area is 171 Å². The number of ether oxygens (including phenoxy) is 1. The summed E-state index contributed by atoms with van der Waals surface area (Å²) in [5, 5.41) is 6.17. The molecule has 1 aromatic heterocycles. The zero-order chi connectivity index (χ0) is 20.1. The first-order valence-corrected chi connectivity index (χ1v) is 8.89. The highest BCUT2D eigenvalue weighted by Gasteiger charge is 2.14. The topological polar surface area (TPSA) is 80.3 Å². The second-order valence-corrected chi connectivity index (χ2v) is 6.53. The fourth-order valence-electron chi connectivity index (χ4n) is 2.43. The molecule has 142 valence electrons. The van der Waals surface area contributed by atoms with Gasteiger partial charge in [0, 0.05) is 29.2 Å². The van der Waals surface area contributed by atoms with Crippen molar-refractivity contribution < 1.29 is 14.3 Å². The minimum Gasteiger partial charge on any atom is -0.494 e. The van der Waals surface area contributed by atoms with Gasteiger partial charge in [0.2, 0.25) is 0 Å². The number of benzene rings is 2. The lowest BCUT2D eigenvalue weighted by Gasteiger charge is -2.13. The van der Waals surface area contributed by atoms with Crippen molar-refractivity contribution in [2.24, 2.45) is 0 Å². The summed E-state index contributed by atoms with van der Waals surface area (Å²) < 4.78 is 5.32. The number of aromatic nitrogens is 1. The molecule has 8 heteroatoms. The third kappa shape index (κ3) is 4.60. The van der Waals surface area contributed by atoms with E-state index in [-0.39, 0.29) is 16.5 Å².